The Morgan fingerprint density at radius 2 is 2.18 bits per heavy atom. The number of anilines is 1. The second kappa shape index (κ2) is 7.26. The minimum atomic E-state index is -1.03. The number of benzene rings is 2. The first-order valence-corrected chi connectivity index (χ1v) is 9.65. The van der Waals surface area contributed by atoms with Crippen LogP contribution in [0.3, 0.4) is 0 Å². The molecule has 0 bridgehead atoms. The average Bonchev–Trinajstić information content (AvgIpc) is 3.02. The number of nitrogens with one attached hydrogen (secondary N) is 2. The van der Waals surface area contributed by atoms with Gasteiger partial charge in [0, 0.05) is 29.1 Å². The van der Waals surface area contributed by atoms with Gasteiger partial charge in [0.05, 0.1) is 12.1 Å². The minimum absolute atomic E-state index is 0.303. The molecule has 1 aliphatic carbocycles. The average molecular weight is 405 g/mol. The van der Waals surface area contributed by atoms with Gasteiger partial charge in [-0.25, -0.2) is 9.18 Å². The fourth-order valence-electron chi connectivity index (χ4n) is 4.01. The van der Waals surface area contributed by atoms with Crippen molar-refractivity contribution in [2.45, 2.75) is 43.9 Å². The molecule has 0 spiro atoms. The molecule has 2 aromatic rings. The number of hydrogen-bond donors (Lipinski definition) is 3. The molecule has 5 nitrogen and oxygen atoms in total. The number of amides is 2. The van der Waals surface area contributed by atoms with Crippen LogP contribution in [0.5, 0.6) is 5.75 Å². The molecule has 1 aliphatic heterocycles. The number of halogens is 2. The summed E-state index contributed by atoms with van der Waals surface area (Å²) < 4.78 is 19.4. The van der Waals surface area contributed by atoms with Gasteiger partial charge < -0.3 is 20.5 Å². The SMILES string of the molecule is C[C@@]1(CF)C[C@@H](NC(=O)Nc2cccc3c2C[C@H](O)C3)c2ccc(Cl)cc2O1. The molecule has 0 saturated heterocycles. The molecule has 2 aromatic carbocycles. The van der Waals surface area contributed by atoms with Gasteiger partial charge in [0.15, 0.2) is 0 Å². The van der Waals surface area contributed by atoms with E-state index in [1.54, 1.807) is 25.1 Å². The number of carbonyl (C=O) groups is 1. The first-order chi connectivity index (χ1) is 13.4. The Labute approximate surface area is 167 Å². The molecule has 148 valence electrons. The number of rotatable bonds is 3. The Hall–Kier alpha value is -2.31. The summed E-state index contributed by atoms with van der Waals surface area (Å²) in [6.45, 7) is 0.998. The normalized spacial score (nSPS) is 25.4. The van der Waals surface area contributed by atoms with Gasteiger partial charge in [-0.3, -0.25) is 0 Å². The van der Waals surface area contributed by atoms with Crippen molar-refractivity contribution < 1.29 is 19.0 Å². The fourth-order valence-corrected chi connectivity index (χ4v) is 4.17. The number of aliphatic hydroxyl groups excluding tert-OH is 1. The molecule has 4 rings (SSSR count). The van der Waals surface area contributed by atoms with Crippen LogP contribution in [0.4, 0.5) is 14.9 Å². The molecule has 3 atom stereocenters. The van der Waals surface area contributed by atoms with Crippen LogP contribution in [-0.4, -0.2) is 29.5 Å². The van der Waals surface area contributed by atoms with Gasteiger partial charge in [0.25, 0.3) is 0 Å². The molecule has 7 heteroatoms. The molecule has 3 N–H and O–H groups in total. The minimum Gasteiger partial charge on any atom is -0.484 e. The molecular formula is C21H22ClFN2O3. The van der Waals surface area contributed by atoms with E-state index in [9.17, 15) is 14.3 Å². The number of aliphatic hydroxyl groups is 1. The highest BCUT2D eigenvalue weighted by molar-refractivity contribution is 6.30. The lowest BCUT2D eigenvalue weighted by molar-refractivity contribution is 0.0263. The van der Waals surface area contributed by atoms with E-state index in [-0.39, 0.29) is 6.03 Å². The van der Waals surface area contributed by atoms with Crippen LogP contribution in [-0.2, 0) is 12.8 Å². The smallest absolute Gasteiger partial charge is 0.319 e. The zero-order valence-corrected chi connectivity index (χ0v) is 16.2. The molecule has 28 heavy (non-hydrogen) atoms. The number of fused-ring (bicyclic) bond motifs is 2. The van der Waals surface area contributed by atoms with Gasteiger partial charge in [-0.05, 0) is 42.7 Å². The maximum Gasteiger partial charge on any atom is 0.319 e. The maximum atomic E-state index is 13.6. The number of carbonyl (C=O) groups excluding carboxylic acids is 1. The van der Waals surface area contributed by atoms with Crippen LogP contribution < -0.4 is 15.4 Å². The van der Waals surface area contributed by atoms with E-state index >= 15 is 0 Å². The van der Waals surface area contributed by atoms with Crippen LogP contribution in [0.2, 0.25) is 5.02 Å². The Bertz CT molecular complexity index is 923. The molecule has 0 aromatic heterocycles. The summed E-state index contributed by atoms with van der Waals surface area (Å²) >= 11 is 6.05. The molecule has 0 saturated carbocycles. The predicted molar refractivity (Wildman–Crippen MR) is 106 cm³/mol. The van der Waals surface area contributed by atoms with Gasteiger partial charge in [0.2, 0.25) is 0 Å². The second-order valence-electron chi connectivity index (χ2n) is 7.73. The van der Waals surface area contributed by atoms with E-state index in [2.05, 4.69) is 10.6 Å². The number of urea groups is 1. The molecular weight excluding hydrogens is 383 g/mol. The van der Waals surface area contributed by atoms with Crippen molar-refractivity contribution in [3.05, 3.63) is 58.1 Å². The number of hydrogen-bond acceptors (Lipinski definition) is 3. The first kappa shape index (κ1) is 19.0. The van der Waals surface area contributed by atoms with E-state index in [4.69, 9.17) is 16.3 Å². The van der Waals surface area contributed by atoms with Crippen LogP contribution in [0.15, 0.2) is 36.4 Å². The third-order valence-electron chi connectivity index (χ3n) is 5.35. The zero-order valence-electron chi connectivity index (χ0n) is 15.5. The van der Waals surface area contributed by atoms with E-state index < -0.39 is 24.4 Å². The molecule has 0 radical (unpaired) electrons. The predicted octanol–water partition coefficient (Wildman–Crippen LogP) is 4.17. The van der Waals surface area contributed by atoms with Crippen molar-refractivity contribution in [2.24, 2.45) is 0 Å². The Morgan fingerprint density at radius 3 is 2.96 bits per heavy atom. The zero-order chi connectivity index (χ0) is 19.9. The lowest BCUT2D eigenvalue weighted by Crippen LogP contribution is -2.45. The van der Waals surface area contributed by atoms with Crippen LogP contribution in [0.1, 0.15) is 36.1 Å². The highest BCUT2D eigenvalue weighted by atomic mass is 35.5. The van der Waals surface area contributed by atoms with Crippen LogP contribution in [0.25, 0.3) is 0 Å². The van der Waals surface area contributed by atoms with Crippen molar-refractivity contribution in [3.63, 3.8) is 0 Å². The van der Waals surface area contributed by atoms with E-state index in [0.717, 1.165) is 16.7 Å². The Balaban J connectivity index is 1.54. The molecule has 0 unspecified atom stereocenters. The Morgan fingerprint density at radius 1 is 1.36 bits per heavy atom. The second-order valence-corrected chi connectivity index (χ2v) is 8.16. The van der Waals surface area contributed by atoms with E-state index in [0.29, 0.717) is 35.7 Å². The largest absolute Gasteiger partial charge is 0.484 e. The Kier molecular flexibility index (Phi) is 4.93. The van der Waals surface area contributed by atoms with Gasteiger partial charge in [0.1, 0.15) is 18.0 Å². The summed E-state index contributed by atoms with van der Waals surface area (Å²) in [6, 6.07) is 9.99. The van der Waals surface area contributed by atoms with Gasteiger partial charge in [-0.15, -0.1) is 0 Å². The van der Waals surface area contributed by atoms with Gasteiger partial charge >= 0.3 is 6.03 Å². The van der Waals surface area contributed by atoms with Crippen LogP contribution >= 0.6 is 11.6 Å². The fraction of sp³-hybridized carbons (Fsp3) is 0.381. The standard InChI is InChI=1S/C21H22ClFN2O3/c1-21(11-23)10-18(15-6-5-13(22)8-19(15)28-21)25-20(27)24-17-4-2-3-12-7-14(26)9-16(12)17/h2-6,8,14,18,26H,7,9-11H2,1H3,(H2,24,25,27)/t14-,18-,21+/m1/s1. The molecule has 1 heterocycles. The van der Waals surface area contributed by atoms with E-state index in [1.807, 2.05) is 18.2 Å². The molecule has 2 aliphatic rings. The summed E-state index contributed by atoms with van der Waals surface area (Å²) in [6.07, 6.45) is 0.995. The lowest BCUT2D eigenvalue weighted by Gasteiger charge is -2.38. The van der Waals surface area contributed by atoms with Gasteiger partial charge in [-0.1, -0.05) is 29.8 Å². The van der Waals surface area contributed by atoms with Crippen molar-refractivity contribution in [1.29, 1.82) is 0 Å². The van der Waals surface area contributed by atoms with Crippen molar-refractivity contribution >= 4 is 23.3 Å². The monoisotopic (exact) mass is 404 g/mol. The van der Waals surface area contributed by atoms with Crippen molar-refractivity contribution in [3.8, 4) is 5.75 Å². The lowest BCUT2D eigenvalue weighted by atomic mass is 9.89. The third kappa shape index (κ3) is 3.66. The molecule has 2 amide bonds. The maximum absolute atomic E-state index is 13.6. The number of alkyl halides is 1. The number of ether oxygens (including phenoxy) is 1. The summed E-state index contributed by atoms with van der Waals surface area (Å²) in [5.74, 6) is 0.480. The highest BCUT2D eigenvalue weighted by Crippen LogP contribution is 2.41. The summed E-state index contributed by atoms with van der Waals surface area (Å²) in [4.78, 5) is 12.7. The summed E-state index contributed by atoms with van der Waals surface area (Å²) in [5, 5.41) is 16.2. The van der Waals surface area contributed by atoms with Crippen molar-refractivity contribution in [1.82, 2.24) is 5.32 Å². The van der Waals surface area contributed by atoms with E-state index in [1.165, 1.54) is 0 Å². The van der Waals surface area contributed by atoms with Crippen LogP contribution in [0, 0.1) is 0 Å². The summed E-state index contributed by atoms with van der Waals surface area (Å²) in [5.41, 5.74) is 2.41. The quantitative estimate of drug-likeness (QED) is 0.719. The first-order valence-electron chi connectivity index (χ1n) is 9.28. The topological polar surface area (TPSA) is 70.6 Å². The third-order valence-corrected chi connectivity index (χ3v) is 5.58. The van der Waals surface area contributed by atoms with Gasteiger partial charge in [-0.2, -0.15) is 0 Å². The highest BCUT2D eigenvalue weighted by Gasteiger charge is 2.38. The molecule has 0 fully saturated rings. The van der Waals surface area contributed by atoms with Crippen molar-refractivity contribution in [2.75, 3.05) is 12.0 Å². The summed E-state index contributed by atoms with van der Waals surface area (Å²) in [7, 11) is 0.